The van der Waals surface area contributed by atoms with Crippen LogP contribution in [0.5, 0.6) is 0 Å². The maximum absolute atomic E-state index is 12.1. The Morgan fingerprint density at radius 2 is 2.10 bits per heavy atom. The largest absolute Gasteiger partial charge is 0.462 e. The molecule has 0 aromatic heterocycles. The molecular weight excluding hydrogens is 276 g/mol. The quantitative estimate of drug-likeness (QED) is 0.473. The molecule has 0 radical (unpaired) electrons. The van der Waals surface area contributed by atoms with Crippen molar-refractivity contribution in [2.24, 2.45) is 11.8 Å². The molecule has 0 saturated carbocycles. The van der Waals surface area contributed by atoms with Gasteiger partial charge in [-0.2, -0.15) is 0 Å². The average Bonchev–Trinajstić information content (AvgIpc) is 3.25. The molecule has 6 nitrogen and oxygen atoms in total. The van der Waals surface area contributed by atoms with E-state index in [1.54, 1.807) is 0 Å². The molecule has 0 spiro atoms. The Hall–Kier alpha value is -1.40. The number of carbonyl (C=O) groups is 2. The molecule has 0 aromatic rings. The van der Waals surface area contributed by atoms with Crippen molar-refractivity contribution in [3.8, 4) is 0 Å². The Balaban J connectivity index is 1.57. The Morgan fingerprint density at radius 1 is 1.29 bits per heavy atom. The van der Waals surface area contributed by atoms with Gasteiger partial charge in [-0.3, -0.25) is 4.79 Å². The zero-order valence-corrected chi connectivity index (χ0v) is 11.8. The van der Waals surface area contributed by atoms with Crippen LogP contribution in [-0.4, -0.2) is 48.1 Å². The number of rotatable bonds is 0. The summed E-state index contributed by atoms with van der Waals surface area (Å²) in [5, 5.41) is 0. The number of ether oxygens (including phenoxy) is 4. The van der Waals surface area contributed by atoms with Gasteiger partial charge in [0, 0.05) is 12.3 Å². The monoisotopic (exact) mass is 292 g/mol. The van der Waals surface area contributed by atoms with E-state index in [1.807, 2.05) is 19.9 Å². The Morgan fingerprint density at radius 3 is 2.90 bits per heavy atom. The highest BCUT2D eigenvalue weighted by molar-refractivity contribution is 5.93. The van der Waals surface area contributed by atoms with Crippen LogP contribution >= 0.6 is 0 Å². The first-order valence-corrected chi connectivity index (χ1v) is 7.44. The minimum Gasteiger partial charge on any atom is -0.462 e. The van der Waals surface area contributed by atoms with Gasteiger partial charge in [-0.05, 0) is 13.0 Å². The van der Waals surface area contributed by atoms with Crippen molar-refractivity contribution in [2.75, 3.05) is 0 Å². The fourth-order valence-electron chi connectivity index (χ4n) is 4.20. The zero-order chi connectivity index (χ0) is 14.5. The summed E-state index contributed by atoms with van der Waals surface area (Å²) in [5.41, 5.74) is 0.252. The molecule has 0 aromatic carbocycles. The van der Waals surface area contributed by atoms with Crippen molar-refractivity contribution in [1.29, 1.82) is 0 Å². The van der Waals surface area contributed by atoms with E-state index < -0.39 is 6.10 Å². The van der Waals surface area contributed by atoms with Crippen LogP contribution in [-0.2, 0) is 28.5 Å². The van der Waals surface area contributed by atoms with Gasteiger partial charge in [0.1, 0.15) is 30.5 Å². The van der Waals surface area contributed by atoms with E-state index in [1.165, 1.54) is 0 Å². The summed E-state index contributed by atoms with van der Waals surface area (Å²) in [5.74, 6) is -0.970. The molecule has 3 fully saturated rings. The molecule has 3 saturated heterocycles. The van der Waals surface area contributed by atoms with Gasteiger partial charge in [-0.1, -0.05) is 6.92 Å². The van der Waals surface area contributed by atoms with Gasteiger partial charge in [0.2, 0.25) is 0 Å². The lowest BCUT2D eigenvalue weighted by Gasteiger charge is -2.24. The molecule has 6 heteroatoms. The number of epoxide rings is 2. The smallest absolute Gasteiger partial charge is 0.337 e. The average molecular weight is 292 g/mol. The third kappa shape index (κ3) is 1.49. The van der Waals surface area contributed by atoms with Gasteiger partial charge in [-0.25, -0.2) is 4.79 Å². The maximum Gasteiger partial charge on any atom is 0.337 e. The number of fused-ring (bicyclic) bond motifs is 7. The molecule has 4 heterocycles. The summed E-state index contributed by atoms with van der Waals surface area (Å²) >= 11 is 0. The van der Waals surface area contributed by atoms with Crippen molar-refractivity contribution in [1.82, 2.24) is 0 Å². The molecule has 8 atom stereocenters. The first-order valence-electron chi connectivity index (χ1n) is 7.44. The highest BCUT2D eigenvalue weighted by atomic mass is 16.7. The van der Waals surface area contributed by atoms with Gasteiger partial charge in [-0.15, -0.1) is 0 Å². The number of hydrogen-bond acceptors (Lipinski definition) is 6. The summed E-state index contributed by atoms with van der Waals surface area (Å²) in [6.45, 7) is 3.85. The SMILES string of the molecule is C[C@H]1C(=O)O[C@H]2C[C@]3(C)O[C@H]3[C@@H]3O[C@@H]3C3=C[C@@H](OC3=O)C21. The second-order valence-corrected chi connectivity index (χ2v) is 6.91. The van der Waals surface area contributed by atoms with E-state index >= 15 is 0 Å². The van der Waals surface area contributed by atoms with Crippen molar-refractivity contribution in [2.45, 2.75) is 56.4 Å². The van der Waals surface area contributed by atoms with Crippen LogP contribution in [0, 0.1) is 11.8 Å². The highest BCUT2D eigenvalue weighted by Gasteiger charge is 2.69. The van der Waals surface area contributed by atoms with E-state index in [4.69, 9.17) is 18.9 Å². The standard InChI is InChI=1S/C15H16O6/c1-5-9-7-3-6(14(17)18-7)10-11(20-10)12-15(2,21-12)4-8(9)19-13(5)16/h3,5,7-12H,4H2,1-2H3/t5-,7-,8+,9?,10-,11-,12+,15+/m1/s1. The minimum absolute atomic E-state index is 0.0244. The number of carbonyl (C=O) groups excluding carboxylic acids is 2. The van der Waals surface area contributed by atoms with E-state index in [0.29, 0.717) is 12.0 Å². The van der Waals surface area contributed by atoms with Crippen molar-refractivity contribution in [3.63, 3.8) is 0 Å². The molecule has 2 bridgehead atoms. The lowest BCUT2D eigenvalue weighted by Crippen LogP contribution is -2.35. The third-order valence-electron chi connectivity index (χ3n) is 5.53. The normalized spacial score (nSPS) is 56.5. The lowest BCUT2D eigenvalue weighted by molar-refractivity contribution is -0.144. The van der Waals surface area contributed by atoms with Crippen molar-refractivity contribution >= 4 is 11.9 Å². The first kappa shape index (κ1) is 12.2. The van der Waals surface area contributed by atoms with E-state index in [-0.39, 0.29) is 53.8 Å². The topological polar surface area (TPSA) is 77.7 Å². The van der Waals surface area contributed by atoms with E-state index in [0.717, 1.165) is 0 Å². The molecule has 1 unspecified atom stereocenters. The molecule has 5 aliphatic rings. The Labute approximate surface area is 121 Å². The van der Waals surface area contributed by atoms with Gasteiger partial charge >= 0.3 is 11.9 Å². The van der Waals surface area contributed by atoms with Gasteiger partial charge in [0.25, 0.3) is 0 Å². The van der Waals surface area contributed by atoms with Crippen LogP contribution in [0.4, 0.5) is 0 Å². The Kier molecular flexibility index (Phi) is 2.03. The van der Waals surface area contributed by atoms with Gasteiger partial charge in [0.15, 0.2) is 0 Å². The molecule has 21 heavy (non-hydrogen) atoms. The second-order valence-electron chi connectivity index (χ2n) is 6.91. The summed E-state index contributed by atoms with van der Waals surface area (Å²) < 4.78 is 22.5. The highest BCUT2D eigenvalue weighted by Crippen LogP contribution is 2.54. The summed E-state index contributed by atoms with van der Waals surface area (Å²) in [4.78, 5) is 24.0. The molecule has 1 aliphatic carbocycles. The van der Waals surface area contributed by atoms with Crippen LogP contribution < -0.4 is 0 Å². The van der Waals surface area contributed by atoms with E-state index in [9.17, 15) is 9.59 Å². The second kappa shape index (κ2) is 3.50. The van der Waals surface area contributed by atoms with Crippen LogP contribution in [0.15, 0.2) is 11.6 Å². The van der Waals surface area contributed by atoms with Crippen LogP contribution in [0.1, 0.15) is 20.3 Å². The lowest BCUT2D eigenvalue weighted by atomic mass is 9.81. The first-order chi connectivity index (χ1) is 9.98. The van der Waals surface area contributed by atoms with Crippen molar-refractivity contribution < 1.29 is 28.5 Å². The fraction of sp³-hybridized carbons (Fsp3) is 0.733. The van der Waals surface area contributed by atoms with Crippen LogP contribution in [0.25, 0.3) is 0 Å². The molecule has 4 aliphatic heterocycles. The number of esters is 2. The van der Waals surface area contributed by atoms with Gasteiger partial charge in [0.05, 0.1) is 17.1 Å². The molecular formula is C15H16O6. The van der Waals surface area contributed by atoms with Crippen LogP contribution in [0.2, 0.25) is 0 Å². The summed E-state index contributed by atoms with van der Waals surface area (Å²) in [6, 6.07) is 0. The fourth-order valence-corrected chi connectivity index (χ4v) is 4.20. The number of hydrogen-bond donors (Lipinski definition) is 0. The molecule has 112 valence electrons. The summed E-state index contributed by atoms with van der Waals surface area (Å²) in [7, 11) is 0. The predicted molar refractivity (Wildman–Crippen MR) is 67.1 cm³/mol. The maximum atomic E-state index is 12.1. The van der Waals surface area contributed by atoms with Crippen molar-refractivity contribution in [3.05, 3.63) is 11.6 Å². The molecule has 0 amide bonds. The Bertz CT molecular complexity index is 597. The zero-order valence-electron chi connectivity index (χ0n) is 11.8. The third-order valence-corrected chi connectivity index (χ3v) is 5.53. The molecule has 5 rings (SSSR count). The summed E-state index contributed by atoms with van der Waals surface area (Å²) in [6.07, 6.45) is 1.48. The van der Waals surface area contributed by atoms with E-state index in [2.05, 4.69) is 0 Å². The van der Waals surface area contributed by atoms with Gasteiger partial charge < -0.3 is 18.9 Å². The molecule has 0 N–H and O–H groups in total. The predicted octanol–water partition coefficient (Wildman–Crippen LogP) is 0.344. The minimum atomic E-state index is -0.400. The van der Waals surface area contributed by atoms with Crippen LogP contribution in [0.3, 0.4) is 0 Å².